The lowest BCUT2D eigenvalue weighted by molar-refractivity contribution is 0.0585. The first-order chi connectivity index (χ1) is 11.2. The second kappa shape index (κ2) is 7.05. The van der Waals surface area contributed by atoms with Crippen molar-refractivity contribution in [3.05, 3.63) is 35.7 Å². The molecule has 0 saturated carbocycles. The third-order valence-corrected chi connectivity index (χ3v) is 3.90. The van der Waals surface area contributed by atoms with Gasteiger partial charge in [0.2, 0.25) is 0 Å². The van der Waals surface area contributed by atoms with Crippen LogP contribution in [0, 0.1) is 12.3 Å². The number of aliphatic hydroxyl groups is 1. The zero-order valence-corrected chi connectivity index (χ0v) is 14.8. The Bertz CT molecular complexity index is 717. The fraction of sp³-hybridized carbons (Fsp3) is 0.444. The fourth-order valence-corrected chi connectivity index (χ4v) is 2.17. The molecule has 1 heterocycles. The Hall–Kier alpha value is -2.34. The average molecular weight is 331 g/mol. The van der Waals surface area contributed by atoms with E-state index in [0.717, 1.165) is 11.3 Å². The number of rotatable bonds is 5. The summed E-state index contributed by atoms with van der Waals surface area (Å²) in [5.74, 6) is 1.02. The van der Waals surface area contributed by atoms with Crippen LogP contribution in [0.5, 0.6) is 5.75 Å². The number of benzene rings is 1. The summed E-state index contributed by atoms with van der Waals surface area (Å²) in [5, 5.41) is 12.8. The summed E-state index contributed by atoms with van der Waals surface area (Å²) in [6, 6.07) is 7.46. The van der Waals surface area contributed by atoms with Gasteiger partial charge in [0.05, 0.1) is 13.2 Å². The van der Waals surface area contributed by atoms with Crippen LogP contribution in [-0.2, 0) is 0 Å². The second-order valence-corrected chi connectivity index (χ2v) is 6.88. The predicted molar refractivity (Wildman–Crippen MR) is 93.1 cm³/mol. The van der Waals surface area contributed by atoms with Gasteiger partial charge in [-0.2, -0.15) is 0 Å². The number of methoxy groups -OCH3 is 1. The molecule has 0 aliphatic heterocycles. The maximum Gasteiger partial charge on any atom is 0.271 e. The van der Waals surface area contributed by atoms with Gasteiger partial charge in [-0.15, -0.1) is 0 Å². The van der Waals surface area contributed by atoms with Crippen molar-refractivity contribution < 1.29 is 14.6 Å². The molecule has 0 spiro atoms. The topological polar surface area (TPSA) is 87.2 Å². The summed E-state index contributed by atoms with van der Waals surface area (Å²) in [6.45, 7) is 7.74. The molecule has 0 bridgehead atoms. The first-order valence-corrected chi connectivity index (χ1v) is 7.89. The highest BCUT2D eigenvalue weighted by atomic mass is 16.5. The van der Waals surface area contributed by atoms with E-state index < -0.39 is 6.10 Å². The third-order valence-electron chi connectivity index (χ3n) is 3.90. The van der Waals surface area contributed by atoms with E-state index in [0.29, 0.717) is 17.2 Å². The van der Waals surface area contributed by atoms with Gasteiger partial charge in [-0.25, -0.2) is 4.98 Å². The zero-order chi connectivity index (χ0) is 17.9. The zero-order valence-electron chi connectivity index (χ0n) is 14.8. The standard InChI is InChI=1S/C18H25N3O3/c1-11-15(17(23)19-10-14(22)18(2,3)4)21-16(20-11)12-7-6-8-13(9-12)24-5/h6-9,14,22H,10H2,1-5H3,(H,19,23)(H,20,21). The van der Waals surface area contributed by atoms with Crippen molar-refractivity contribution >= 4 is 5.91 Å². The lowest BCUT2D eigenvalue weighted by Gasteiger charge is -2.25. The number of H-pyrrole nitrogens is 1. The van der Waals surface area contributed by atoms with Crippen LogP contribution in [0.2, 0.25) is 0 Å². The highest BCUT2D eigenvalue weighted by molar-refractivity contribution is 5.94. The molecule has 6 nitrogen and oxygen atoms in total. The van der Waals surface area contributed by atoms with Crippen LogP contribution in [0.25, 0.3) is 11.4 Å². The van der Waals surface area contributed by atoms with E-state index in [1.54, 1.807) is 14.0 Å². The van der Waals surface area contributed by atoms with Crippen molar-refractivity contribution in [2.24, 2.45) is 5.41 Å². The number of hydrogen-bond donors (Lipinski definition) is 3. The lowest BCUT2D eigenvalue weighted by Crippen LogP contribution is -2.39. The van der Waals surface area contributed by atoms with Crippen LogP contribution >= 0.6 is 0 Å². The molecular formula is C18H25N3O3. The minimum atomic E-state index is -0.626. The number of nitrogens with one attached hydrogen (secondary N) is 2. The van der Waals surface area contributed by atoms with Gasteiger partial charge in [-0.1, -0.05) is 32.9 Å². The molecule has 1 unspecified atom stereocenters. The van der Waals surface area contributed by atoms with E-state index in [2.05, 4.69) is 15.3 Å². The van der Waals surface area contributed by atoms with Crippen molar-refractivity contribution in [2.75, 3.05) is 13.7 Å². The molecule has 2 rings (SSSR count). The molecule has 24 heavy (non-hydrogen) atoms. The second-order valence-electron chi connectivity index (χ2n) is 6.88. The first-order valence-electron chi connectivity index (χ1n) is 7.89. The Labute approximate surface area is 142 Å². The normalized spacial score (nSPS) is 12.8. The SMILES string of the molecule is COc1cccc(-c2nc(C(=O)NCC(O)C(C)(C)C)c(C)[nH]2)c1. The molecule has 1 aromatic heterocycles. The monoisotopic (exact) mass is 331 g/mol. The molecule has 1 atom stereocenters. The maximum atomic E-state index is 12.3. The van der Waals surface area contributed by atoms with Crippen LogP contribution in [0.1, 0.15) is 37.0 Å². The number of aliphatic hydroxyl groups excluding tert-OH is 1. The van der Waals surface area contributed by atoms with Gasteiger partial charge in [-0.05, 0) is 24.5 Å². The third kappa shape index (κ3) is 4.14. The van der Waals surface area contributed by atoms with Gasteiger partial charge in [0, 0.05) is 17.8 Å². The number of aromatic nitrogens is 2. The predicted octanol–water partition coefficient (Wildman–Crippen LogP) is 2.53. The van der Waals surface area contributed by atoms with E-state index in [1.165, 1.54) is 0 Å². The number of nitrogens with zero attached hydrogens (tertiary/aromatic N) is 1. The number of amides is 1. The van der Waals surface area contributed by atoms with Gasteiger partial charge in [-0.3, -0.25) is 4.79 Å². The molecule has 1 aromatic carbocycles. The van der Waals surface area contributed by atoms with E-state index >= 15 is 0 Å². The van der Waals surface area contributed by atoms with Gasteiger partial charge < -0.3 is 20.1 Å². The van der Waals surface area contributed by atoms with Crippen LogP contribution in [-0.4, -0.2) is 40.7 Å². The molecule has 6 heteroatoms. The summed E-state index contributed by atoms with van der Waals surface area (Å²) in [7, 11) is 1.60. The number of hydrogen-bond acceptors (Lipinski definition) is 4. The van der Waals surface area contributed by atoms with E-state index in [4.69, 9.17) is 4.74 Å². The smallest absolute Gasteiger partial charge is 0.271 e. The Morgan fingerprint density at radius 2 is 2.12 bits per heavy atom. The highest BCUT2D eigenvalue weighted by Gasteiger charge is 2.23. The summed E-state index contributed by atoms with van der Waals surface area (Å²) >= 11 is 0. The van der Waals surface area contributed by atoms with Crippen LogP contribution in [0.15, 0.2) is 24.3 Å². The Kier molecular flexibility index (Phi) is 5.29. The number of aromatic amines is 1. The fourth-order valence-electron chi connectivity index (χ4n) is 2.17. The van der Waals surface area contributed by atoms with Crippen molar-refractivity contribution in [1.29, 1.82) is 0 Å². The molecule has 0 aliphatic carbocycles. The first kappa shape index (κ1) is 18.0. The van der Waals surface area contributed by atoms with Gasteiger partial charge in [0.1, 0.15) is 17.3 Å². The molecule has 0 saturated heterocycles. The molecule has 2 aromatic rings. The molecular weight excluding hydrogens is 306 g/mol. The Balaban J connectivity index is 2.14. The van der Waals surface area contributed by atoms with Crippen molar-refractivity contribution in [1.82, 2.24) is 15.3 Å². The van der Waals surface area contributed by atoms with E-state index in [1.807, 2.05) is 45.0 Å². The Morgan fingerprint density at radius 1 is 1.42 bits per heavy atom. The lowest BCUT2D eigenvalue weighted by atomic mass is 9.89. The maximum absolute atomic E-state index is 12.3. The number of ether oxygens (including phenoxy) is 1. The van der Waals surface area contributed by atoms with Crippen LogP contribution < -0.4 is 10.1 Å². The average Bonchev–Trinajstić information content (AvgIpc) is 2.93. The number of aryl methyl sites for hydroxylation is 1. The van der Waals surface area contributed by atoms with Crippen LogP contribution in [0.3, 0.4) is 0 Å². The van der Waals surface area contributed by atoms with E-state index in [-0.39, 0.29) is 17.9 Å². The molecule has 0 fully saturated rings. The van der Waals surface area contributed by atoms with Crippen molar-refractivity contribution in [3.8, 4) is 17.1 Å². The Morgan fingerprint density at radius 3 is 2.75 bits per heavy atom. The van der Waals surface area contributed by atoms with Crippen LogP contribution in [0.4, 0.5) is 0 Å². The molecule has 3 N–H and O–H groups in total. The molecule has 130 valence electrons. The van der Waals surface area contributed by atoms with Gasteiger partial charge >= 0.3 is 0 Å². The summed E-state index contributed by atoms with van der Waals surface area (Å²) in [4.78, 5) is 19.8. The highest BCUT2D eigenvalue weighted by Crippen LogP contribution is 2.23. The molecule has 0 radical (unpaired) electrons. The minimum absolute atomic E-state index is 0.184. The summed E-state index contributed by atoms with van der Waals surface area (Å²) in [5.41, 5.74) is 1.55. The number of carbonyl (C=O) groups is 1. The summed E-state index contributed by atoms with van der Waals surface area (Å²) < 4.78 is 5.21. The number of imidazole rings is 1. The summed E-state index contributed by atoms with van der Waals surface area (Å²) in [6.07, 6.45) is -0.626. The molecule has 0 aliphatic rings. The quantitative estimate of drug-likeness (QED) is 0.786. The number of carbonyl (C=O) groups excluding carboxylic acids is 1. The van der Waals surface area contributed by atoms with Crippen molar-refractivity contribution in [2.45, 2.75) is 33.8 Å². The van der Waals surface area contributed by atoms with Gasteiger partial charge in [0.15, 0.2) is 0 Å². The largest absolute Gasteiger partial charge is 0.497 e. The van der Waals surface area contributed by atoms with E-state index in [9.17, 15) is 9.90 Å². The minimum Gasteiger partial charge on any atom is -0.497 e. The molecule has 1 amide bonds. The van der Waals surface area contributed by atoms with Crippen molar-refractivity contribution in [3.63, 3.8) is 0 Å². The van der Waals surface area contributed by atoms with Gasteiger partial charge in [0.25, 0.3) is 5.91 Å².